The van der Waals surface area contributed by atoms with Crippen molar-refractivity contribution in [1.29, 1.82) is 0 Å². The van der Waals surface area contributed by atoms with Gasteiger partial charge in [-0.25, -0.2) is 0 Å². The van der Waals surface area contributed by atoms with Crippen molar-refractivity contribution >= 4 is 11.6 Å². The molecule has 0 spiro atoms. The van der Waals surface area contributed by atoms with Gasteiger partial charge in [-0.1, -0.05) is 41.4 Å². The fourth-order valence-electron chi connectivity index (χ4n) is 2.42. The highest BCUT2D eigenvalue weighted by molar-refractivity contribution is 6.31. The lowest BCUT2D eigenvalue weighted by molar-refractivity contribution is 0.533. The predicted octanol–water partition coefficient (Wildman–Crippen LogP) is 3.06. The summed E-state index contributed by atoms with van der Waals surface area (Å²) in [4.78, 5) is 0. The number of halogens is 1. The minimum Gasteiger partial charge on any atom is -0.316 e. The molecule has 1 N–H and O–H groups in total. The number of aryl methyl sites for hydroxylation is 3. The van der Waals surface area contributed by atoms with Crippen molar-refractivity contribution in [2.45, 2.75) is 32.7 Å². The molecule has 1 unspecified atom stereocenters. The van der Waals surface area contributed by atoms with E-state index in [9.17, 15) is 0 Å². The fourth-order valence-corrected chi connectivity index (χ4v) is 2.66. The maximum absolute atomic E-state index is 6.33. The van der Waals surface area contributed by atoms with E-state index in [0.29, 0.717) is 6.04 Å². The summed E-state index contributed by atoms with van der Waals surface area (Å²) >= 11 is 6.33. The molecule has 4 heteroatoms. The Kier molecular flexibility index (Phi) is 4.84. The highest BCUT2D eigenvalue weighted by atomic mass is 35.5. The molecule has 108 valence electrons. The molecule has 1 atom stereocenters. The van der Waals surface area contributed by atoms with Crippen molar-refractivity contribution in [1.82, 2.24) is 15.1 Å². The second kappa shape index (κ2) is 6.42. The van der Waals surface area contributed by atoms with E-state index in [-0.39, 0.29) is 0 Å². The van der Waals surface area contributed by atoms with Gasteiger partial charge in [0, 0.05) is 19.5 Å². The zero-order valence-corrected chi connectivity index (χ0v) is 13.3. The molecule has 0 aliphatic carbocycles. The number of likely N-dealkylation sites (N-methyl/N-ethyl adjacent to an activating group) is 1. The molecule has 1 aromatic heterocycles. The minimum absolute atomic E-state index is 0.352. The first-order chi connectivity index (χ1) is 9.51. The van der Waals surface area contributed by atoms with Crippen molar-refractivity contribution in [3.8, 4) is 0 Å². The Morgan fingerprint density at radius 2 is 1.85 bits per heavy atom. The average molecular weight is 292 g/mol. The van der Waals surface area contributed by atoms with Gasteiger partial charge >= 0.3 is 0 Å². The molecule has 0 aliphatic heterocycles. The van der Waals surface area contributed by atoms with Crippen molar-refractivity contribution in [3.05, 3.63) is 51.8 Å². The van der Waals surface area contributed by atoms with Crippen LogP contribution in [0.15, 0.2) is 24.3 Å². The Bertz CT molecular complexity index is 572. The molecular formula is C16H22ClN3. The van der Waals surface area contributed by atoms with Crippen LogP contribution in [0.3, 0.4) is 0 Å². The molecule has 3 nitrogen and oxygen atoms in total. The molecule has 0 amide bonds. The SMILES string of the molecule is CNC(Cc1ccc(C)cc1)Cc1c(Cl)c(C)nn1C. The van der Waals surface area contributed by atoms with Gasteiger partial charge in [0.05, 0.1) is 16.4 Å². The van der Waals surface area contributed by atoms with E-state index in [2.05, 4.69) is 41.6 Å². The van der Waals surface area contributed by atoms with Gasteiger partial charge in [0.25, 0.3) is 0 Å². The first kappa shape index (κ1) is 15.1. The van der Waals surface area contributed by atoms with Crippen LogP contribution in [0.1, 0.15) is 22.5 Å². The zero-order valence-electron chi connectivity index (χ0n) is 12.6. The Balaban J connectivity index is 2.11. The largest absolute Gasteiger partial charge is 0.316 e. The molecular weight excluding hydrogens is 270 g/mol. The molecule has 0 fully saturated rings. The smallest absolute Gasteiger partial charge is 0.0847 e. The number of nitrogens with zero attached hydrogens (tertiary/aromatic N) is 2. The Morgan fingerprint density at radius 3 is 2.35 bits per heavy atom. The van der Waals surface area contributed by atoms with E-state index in [1.165, 1.54) is 11.1 Å². The maximum Gasteiger partial charge on any atom is 0.0847 e. The van der Waals surface area contributed by atoms with Crippen LogP contribution in [0, 0.1) is 13.8 Å². The molecule has 20 heavy (non-hydrogen) atoms. The Morgan fingerprint density at radius 1 is 1.20 bits per heavy atom. The number of rotatable bonds is 5. The second-order valence-corrected chi connectivity index (χ2v) is 5.73. The molecule has 2 rings (SSSR count). The van der Waals surface area contributed by atoms with Crippen LogP contribution in [0.25, 0.3) is 0 Å². The monoisotopic (exact) mass is 291 g/mol. The summed E-state index contributed by atoms with van der Waals surface area (Å²) in [5, 5.41) is 8.54. The lowest BCUT2D eigenvalue weighted by Gasteiger charge is -2.17. The summed E-state index contributed by atoms with van der Waals surface area (Å²) in [6, 6.07) is 9.04. The third-order valence-electron chi connectivity index (χ3n) is 3.71. The van der Waals surface area contributed by atoms with Gasteiger partial charge in [-0.15, -0.1) is 0 Å². The summed E-state index contributed by atoms with van der Waals surface area (Å²) in [6.45, 7) is 4.05. The Labute approximate surface area is 126 Å². The Hall–Kier alpha value is -1.32. The number of hydrogen-bond acceptors (Lipinski definition) is 2. The molecule has 0 saturated heterocycles. The van der Waals surface area contributed by atoms with Crippen LogP contribution < -0.4 is 5.32 Å². The normalized spacial score (nSPS) is 12.7. The molecule has 0 saturated carbocycles. The van der Waals surface area contributed by atoms with Gasteiger partial charge < -0.3 is 5.32 Å². The van der Waals surface area contributed by atoms with Crippen LogP contribution in [0.2, 0.25) is 5.02 Å². The van der Waals surface area contributed by atoms with E-state index < -0.39 is 0 Å². The topological polar surface area (TPSA) is 29.9 Å². The van der Waals surface area contributed by atoms with Crippen molar-refractivity contribution in [3.63, 3.8) is 0 Å². The molecule has 0 radical (unpaired) electrons. The van der Waals surface area contributed by atoms with E-state index in [1.54, 1.807) is 0 Å². The highest BCUT2D eigenvalue weighted by Crippen LogP contribution is 2.21. The first-order valence-electron chi connectivity index (χ1n) is 6.92. The summed E-state index contributed by atoms with van der Waals surface area (Å²) in [5.74, 6) is 0. The molecule has 0 aliphatic rings. The lowest BCUT2D eigenvalue weighted by atomic mass is 10.0. The van der Waals surface area contributed by atoms with E-state index in [0.717, 1.165) is 29.3 Å². The van der Waals surface area contributed by atoms with Crippen LogP contribution in [0.4, 0.5) is 0 Å². The lowest BCUT2D eigenvalue weighted by Crippen LogP contribution is -2.30. The number of nitrogens with one attached hydrogen (secondary N) is 1. The summed E-state index contributed by atoms with van der Waals surface area (Å²) in [7, 11) is 3.95. The van der Waals surface area contributed by atoms with Gasteiger partial charge in [-0.3, -0.25) is 4.68 Å². The van der Waals surface area contributed by atoms with Crippen molar-refractivity contribution < 1.29 is 0 Å². The van der Waals surface area contributed by atoms with E-state index in [1.807, 2.05) is 25.7 Å². The van der Waals surface area contributed by atoms with Crippen LogP contribution in [-0.2, 0) is 19.9 Å². The van der Waals surface area contributed by atoms with Gasteiger partial charge in [0.15, 0.2) is 0 Å². The van der Waals surface area contributed by atoms with Crippen molar-refractivity contribution in [2.24, 2.45) is 7.05 Å². The quantitative estimate of drug-likeness (QED) is 0.917. The van der Waals surface area contributed by atoms with Crippen LogP contribution in [-0.4, -0.2) is 22.9 Å². The fraction of sp³-hybridized carbons (Fsp3) is 0.438. The third-order valence-corrected chi connectivity index (χ3v) is 4.20. The van der Waals surface area contributed by atoms with Crippen LogP contribution >= 0.6 is 11.6 Å². The molecule has 0 bridgehead atoms. The number of hydrogen-bond donors (Lipinski definition) is 1. The highest BCUT2D eigenvalue weighted by Gasteiger charge is 2.16. The molecule has 1 aromatic carbocycles. The number of benzene rings is 1. The van der Waals surface area contributed by atoms with Gasteiger partial charge in [-0.2, -0.15) is 5.10 Å². The zero-order chi connectivity index (χ0) is 14.7. The standard InChI is InChI=1S/C16H22ClN3/c1-11-5-7-13(8-6-11)9-14(18-3)10-15-16(17)12(2)19-20(15)4/h5-8,14,18H,9-10H2,1-4H3. The van der Waals surface area contributed by atoms with Gasteiger partial charge in [-0.05, 0) is 32.9 Å². The molecule has 1 heterocycles. The average Bonchev–Trinajstić information content (AvgIpc) is 2.66. The van der Waals surface area contributed by atoms with Crippen LogP contribution in [0.5, 0.6) is 0 Å². The first-order valence-corrected chi connectivity index (χ1v) is 7.30. The minimum atomic E-state index is 0.352. The number of aromatic nitrogens is 2. The van der Waals surface area contributed by atoms with E-state index in [4.69, 9.17) is 11.6 Å². The predicted molar refractivity (Wildman–Crippen MR) is 84.4 cm³/mol. The third kappa shape index (κ3) is 3.41. The van der Waals surface area contributed by atoms with Crippen molar-refractivity contribution in [2.75, 3.05) is 7.05 Å². The second-order valence-electron chi connectivity index (χ2n) is 5.35. The molecule has 2 aromatic rings. The van der Waals surface area contributed by atoms with Gasteiger partial charge in [0.1, 0.15) is 0 Å². The van der Waals surface area contributed by atoms with E-state index >= 15 is 0 Å². The summed E-state index contributed by atoms with van der Waals surface area (Å²) in [6.07, 6.45) is 1.86. The summed E-state index contributed by atoms with van der Waals surface area (Å²) < 4.78 is 1.89. The van der Waals surface area contributed by atoms with Gasteiger partial charge in [0.2, 0.25) is 0 Å². The summed E-state index contributed by atoms with van der Waals surface area (Å²) in [5.41, 5.74) is 4.62. The maximum atomic E-state index is 6.33.